The maximum Gasteiger partial charge on any atom is 0.313 e. The van der Waals surface area contributed by atoms with Crippen LogP contribution in [-0.2, 0) is 9.59 Å². The highest BCUT2D eigenvalue weighted by Crippen LogP contribution is 2.37. The van der Waals surface area contributed by atoms with Gasteiger partial charge in [-0.1, -0.05) is 24.9 Å². The second-order valence-electron chi connectivity index (χ2n) is 5.81. The summed E-state index contributed by atoms with van der Waals surface area (Å²) in [7, 11) is 0. The fourth-order valence-electron chi connectivity index (χ4n) is 2.65. The van der Waals surface area contributed by atoms with E-state index in [1.807, 2.05) is 6.92 Å². The lowest BCUT2D eigenvalue weighted by atomic mass is 9.86. The Balaban J connectivity index is 1.97. The summed E-state index contributed by atoms with van der Waals surface area (Å²) in [5.74, 6) is -2.24. The van der Waals surface area contributed by atoms with Gasteiger partial charge in [-0.2, -0.15) is 0 Å². The maximum atomic E-state index is 13.0. The van der Waals surface area contributed by atoms with Gasteiger partial charge in [0.25, 0.3) is 0 Å². The Labute approximate surface area is 132 Å². The number of anilines is 1. The summed E-state index contributed by atoms with van der Waals surface area (Å²) in [6.45, 7) is 1.83. The van der Waals surface area contributed by atoms with E-state index in [1.165, 1.54) is 12.1 Å². The second kappa shape index (κ2) is 6.62. The number of aliphatic hydroxyl groups is 1. The van der Waals surface area contributed by atoms with E-state index in [-0.39, 0.29) is 23.4 Å². The van der Waals surface area contributed by atoms with Crippen molar-refractivity contribution in [1.82, 2.24) is 5.32 Å². The summed E-state index contributed by atoms with van der Waals surface area (Å²) in [6.07, 6.45) is 2.40. The SMILES string of the molecule is CC1(CO)CCCC1NC(=O)C(=O)Nc1ccc(F)c(Cl)c1. The molecule has 2 amide bonds. The first-order valence-corrected chi connectivity index (χ1v) is 7.41. The maximum absolute atomic E-state index is 13.0. The minimum Gasteiger partial charge on any atom is -0.396 e. The number of carbonyl (C=O) groups excluding carboxylic acids is 2. The van der Waals surface area contributed by atoms with Crippen LogP contribution in [0.15, 0.2) is 18.2 Å². The quantitative estimate of drug-likeness (QED) is 0.743. The molecule has 0 aliphatic heterocycles. The average Bonchev–Trinajstić information content (AvgIpc) is 2.84. The first-order valence-electron chi connectivity index (χ1n) is 7.03. The van der Waals surface area contributed by atoms with Gasteiger partial charge in [0.15, 0.2) is 0 Å². The van der Waals surface area contributed by atoms with E-state index in [2.05, 4.69) is 10.6 Å². The molecule has 1 aliphatic carbocycles. The van der Waals surface area contributed by atoms with Crippen LogP contribution in [0.2, 0.25) is 5.02 Å². The summed E-state index contributed by atoms with van der Waals surface area (Å²) < 4.78 is 13.0. The van der Waals surface area contributed by atoms with Crippen LogP contribution in [0.25, 0.3) is 0 Å². The third-order valence-corrected chi connectivity index (χ3v) is 4.42. The first kappa shape index (κ1) is 16.7. The molecule has 0 bridgehead atoms. The number of hydrogen-bond donors (Lipinski definition) is 3. The Bertz CT molecular complexity index is 596. The zero-order chi connectivity index (χ0) is 16.3. The highest BCUT2D eigenvalue weighted by atomic mass is 35.5. The zero-order valence-corrected chi connectivity index (χ0v) is 12.9. The van der Waals surface area contributed by atoms with Crippen LogP contribution >= 0.6 is 11.6 Å². The average molecular weight is 329 g/mol. The van der Waals surface area contributed by atoms with Crippen LogP contribution in [0, 0.1) is 11.2 Å². The number of aliphatic hydroxyl groups excluding tert-OH is 1. The van der Waals surface area contributed by atoms with Crippen molar-refractivity contribution in [2.24, 2.45) is 5.41 Å². The third-order valence-electron chi connectivity index (χ3n) is 4.13. The smallest absolute Gasteiger partial charge is 0.313 e. The van der Waals surface area contributed by atoms with E-state index in [4.69, 9.17) is 11.6 Å². The van der Waals surface area contributed by atoms with Crippen LogP contribution in [0.4, 0.5) is 10.1 Å². The highest BCUT2D eigenvalue weighted by Gasteiger charge is 2.39. The topological polar surface area (TPSA) is 78.4 Å². The molecule has 0 spiro atoms. The van der Waals surface area contributed by atoms with Gasteiger partial charge in [0, 0.05) is 17.1 Å². The molecule has 7 heteroatoms. The summed E-state index contributed by atoms with van der Waals surface area (Å²) in [6, 6.07) is 3.41. The van der Waals surface area contributed by atoms with E-state index in [0.29, 0.717) is 0 Å². The predicted octanol–water partition coefficient (Wildman–Crippen LogP) is 2.08. The van der Waals surface area contributed by atoms with Crippen molar-refractivity contribution < 1.29 is 19.1 Å². The van der Waals surface area contributed by atoms with Gasteiger partial charge in [-0.05, 0) is 31.0 Å². The van der Waals surface area contributed by atoms with Crippen LogP contribution in [0.1, 0.15) is 26.2 Å². The Hall–Kier alpha value is -1.66. The monoisotopic (exact) mass is 328 g/mol. The number of hydrogen-bond acceptors (Lipinski definition) is 3. The summed E-state index contributed by atoms with van der Waals surface area (Å²) in [4.78, 5) is 23.8. The van der Waals surface area contributed by atoms with Crippen LogP contribution < -0.4 is 10.6 Å². The Morgan fingerprint density at radius 3 is 2.82 bits per heavy atom. The van der Waals surface area contributed by atoms with E-state index in [9.17, 15) is 19.1 Å². The molecular weight excluding hydrogens is 311 g/mol. The fourth-order valence-corrected chi connectivity index (χ4v) is 2.83. The van der Waals surface area contributed by atoms with E-state index in [1.54, 1.807) is 0 Å². The van der Waals surface area contributed by atoms with Crippen molar-refractivity contribution in [2.75, 3.05) is 11.9 Å². The largest absolute Gasteiger partial charge is 0.396 e. The van der Waals surface area contributed by atoms with Crippen molar-refractivity contribution in [1.29, 1.82) is 0 Å². The highest BCUT2D eigenvalue weighted by molar-refractivity contribution is 6.40. The van der Waals surface area contributed by atoms with Crippen molar-refractivity contribution >= 4 is 29.1 Å². The molecule has 22 heavy (non-hydrogen) atoms. The molecule has 1 aromatic rings. The molecule has 0 radical (unpaired) electrons. The van der Waals surface area contributed by atoms with Crippen molar-refractivity contribution in [3.05, 3.63) is 29.0 Å². The van der Waals surface area contributed by atoms with E-state index < -0.39 is 23.0 Å². The zero-order valence-electron chi connectivity index (χ0n) is 12.2. The molecule has 120 valence electrons. The number of carbonyl (C=O) groups is 2. The molecule has 1 aliphatic rings. The molecule has 0 heterocycles. The first-order chi connectivity index (χ1) is 10.4. The number of halogens is 2. The molecule has 2 atom stereocenters. The normalized spacial score (nSPS) is 24.1. The number of benzene rings is 1. The number of rotatable bonds is 3. The molecule has 1 fully saturated rings. The standard InChI is InChI=1S/C15H18ClFN2O3/c1-15(8-20)6-2-3-12(15)19-14(22)13(21)18-9-4-5-11(17)10(16)7-9/h4-5,7,12,20H,2-3,6,8H2,1H3,(H,18,21)(H,19,22). The van der Waals surface area contributed by atoms with Crippen LogP contribution in [-0.4, -0.2) is 29.6 Å². The number of amides is 2. The Morgan fingerprint density at radius 2 is 2.18 bits per heavy atom. The minimum atomic E-state index is -0.852. The molecule has 1 saturated carbocycles. The van der Waals surface area contributed by atoms with Crippen LogP contribution in [0.5, 0.6) is 0 Å². The molecule has 0 aromatic heterocycles. The van der Waals surface area contributed by atoms with Crippen molar-refractivity contribution in [3.8, 4) is 0 Å². The minimum absolute atomic E-state index is 0.0485. The molecule has 0 saturated heterocycles. The van der Waals surface area contributed by atoms with Gasteiger partial charge in [-0.3, -0.25) is 9.59 Å². The van der Waals surface area contributed by atoms with Gasteiger partial charge in [-0.15, -0.1) is 0 Å². The van der Waals surface area contributed by atoms with Gasteiger partial charge < -0.3 is 15.7 Å². The molecule has 2 rings (SSSR count). The van der Waals surface area contributed by atoms with Gasteiger partial charge in [0.05, 0.1) is 11.6 Å². The van der Waals surface area contributed by atoms with E-state index >= 15 is 0 Å². The molecule has 5 nitrogen and oxygen atoms in total. The molecule has 2 unspecified atom stereocenters. The van der Waals surface area contributed by atoms with Crippen molar-refractivity contribution in [3.63, 3.8) is 0 Å². The van der Waals surface area contributed by atoms with Gasteiger partial charge in [0.1, 0.15) is 5.82 Å². The summed E-state index contributed by atoms with van der Waals surface area (Å²) >= 11 is 5.62. The Kier molecular flexibility index (Phi) is 5.03. The second-order valence-corrected chi connectivity index (χ2v) is 6.22. The third kappa shape index (κ3) is 3.56. The lowest BCUT2D eigenvalue weighted by molar-refractivity contribution is -0.137. The molecular formula is C15H18ClFN2O3. The Morgan fingerprint density at radius 1 is 1.45 bits per heavy atom. The lowest BCUT2D eigenvalue weighted by Crippen LogP contribution is -2.48. The fraction of sp³-hybridized carbons (Fsp3) is 0.467. The predicted molar refractivity (Wildman–Crippen MR) is 81.0 cm³/mol. The van der Waals surface area contributed by atoms with E-state index in [0.717, 1.165) is 25.3 Å². The van der Waals surface area contributed by atoms with Crippen LogP contribution in [0.3, 0.4) is 0 Å². The molecule has 3 N–H and O–H groups in total. The number of nitrogens with one attached hydrogen (secondary N) is 2. The summed E-state index contributed by atoms with van der Waals surface area (Å²) in [5, 5.41) is 14.3. The van der Waals surface area contributed by atoms with Gasteiger partial charge in [-0.25, -0.2) is 4.39 Å². The molecule has 1 aromatic carbocycles. The lowest BCUT2D eigenvalue weighted by Gasteiger charge is -2.29. The van der Waals surface area contributed by atoms with Gasteiger partial charge >= 0.3 is 11.8 Å². The van der Waals surface area contributed by atoms with Crippen molar-refractivity contribution in [2.45, 2.75) is 32.2 Å². The van der Waals surface area contributed by atoms with Gasteiger partial charge in [0.2, 0.25) is 0 Å². The summed E-state index contributed by atoms with van der Waals surface area (Å²) in [5.41, 5.74) is -0.169.